The lowest BCUT2D eigenvalue weighted by molar-refractivity contribution is -0.146. The van der Waals surface area contributed by atoms with Gasteiger partial charge in [0.15, 0.2) is 0 Å². The van der Waals surface area contributed by atoms with Crippen LogP contribution in [0.1, 0.15) is 30.0 Å². The van der Waals surface area contributed by atoms with E-state index in [1.165, 1.54) is 0 Å². The first-order chi connectivity index (χ1) is 11.4. The molecule has 1 fully saturated rings. The number of benzene rings is 2. The Kier molecular flexibility index (Phi) is 3.81. The van der Waals surface area contributed by atoms with Gasteiger partial charge in [0.25, 0.3) is 0 Å². The van der Waals surface area contributed by atoms with Gasteiger partial charge in [0, 0.05) is 5.56 Å². The van der Waals surface area contributed by atoms with Crippen molar-refractivity contribution in [2.24, 2.45) is 0 Å². The van der Waals surface area contributed by atoms with E-state index in [9.17, 15) is 10.1 Å². The molecule has 2 atom stereocenters. The number of cyclic esters (lactones) is 1. The third-order valence-corrected chi connectivity index (χ3v) is 4.85. The summed E-state index contributed by atoms with van der Waals surface area (Å²) in [4.78, 5) is 12.2. The van der Waals surface area contributed by atoms with Crippen LogP contribution < -0.4 is 4.74 Å². The number of aryl methyl sites for hydroxylation is 1. The molecule has 0 saturated carbocycles. The van der Waals surface area contributed by atoms with Gasteiger partial charge in [-0.25, -0.2) is 0 Å². The summed E-state index contributed by atoms with van der Waals surface area (Å²) >= 11 is 0. The lowest BCUT2D eigenvalue weighted by Crippen LogP contribution is -2.43. The van der Waals surface area contributed by atoms with Crippen molar-refractivity contribution in [3.8, 4) is 11.8 Å². The fourth-order valence-electron chi connectivity index (χ4n) is 3.44. The zero-order valence-electron chi connectivity index (χ0n) is 14.0. The number of hydrogen-bond acceptors (Lipinski definition) is 4. The molecule has 2 aromatic carbocycles. The van der Waals surface area contributed by atoms with E-state index in [0.29, 0.717) is 11.3 Å². The minimum atomic E-state index is -1.36. The largest absolute Gasteiger partial charge is 0.497 e. The van der Waals surface area contributed by atoms with Crippen molar-refractivity contribution in [1.82, 2.24) is 0 Å². The third-order valence-electron chi connectivity index (χ3n) is 4.85. The van der Waals surface area contributed by atoms with Crippen LogP contribution in [-0.2, 0) is 20.5 Å². The average molecular weight is 321 g/mol. The predicted molar refractivity (Wildman–Crippen MR) is 89.5 cm³/mol. The molecule has 122 valence electrons. The van der Waals surface area contributed by atoms with Crippen molar-refractivity contribution >= 4 is 5.97 Å². The lowest BCUT2D eigenvalue weighted by atomic mass is 9.66. The molecule has 0 N–H and O–H groups in total. The fourth-order valence-corrected chi connectivity index (χ4v) is 3.44. The molecule has 1 saturated heterocycles. The van der Waals surface area contributed by atoms with Crippen molar-refractivity contribution in [2.45, 2.75) is 31.3 Å². The van der Waals surface area contributed by atoms with E-state index in [1.54, 1.807) is 31.4 Å². The van der Waals surface area contributed by atoms with Crippen LogP contribution in [0.4, 0.5) is 0 Å². The second-order valence-corrected chi connectivity index (χ2v) is 6.37. The molecule has 1 aliphatic heterocycles. The average Bonchev–Trinajstić information content (AvgIpc) is 2.87. The zero-order chi connectivity index (χ0) is 17.4. The first kappa shape index (κ1) is 16.1. The topological polar surface area (TPSA) is 59.3 Å². The van der Waals surface area contributed by atoms with Crippen molar-refractivity contribution in [2.75, 3.05) is 7.11 Å². The quantitative estimate of drug-likeness (QED) is 0.810. The molecule has 1 aliphatic rings. The van der Waals surface area contributed by atoms with Gasteiger partial charge in [-0.1, -0.05) is 42.0 Å². The number of carbonyl (C=O) groups is 1. The number of rotatable bonds is 3. The molecule has 4 heteroatoms. The van der Waals surface area contributed by atoms with Crippen LogP contribution in [0.25, 0.3) is 0 Å². The van der Waals surface area contributed by atoms with Crippen molar-refractivity contribution in [1.29, 1.82) is 5.26 Å². The Morgan fingerprint density at radius 1 is 1.17 bits per heavy atom. The molecule has 0 aromatic heterocycles. The predicted octanol–water partition coefficient (Wildman–Crippen LogP) is 3.63. The number of methoxy groups -OCH3 is 1. The maximum absolute atomic E-state index is 12.2. The maximum Gasteiger partial charge on any atom is 0.308 e. The van der Waals surface area contributed by atoms with Gasteiger partial charge >= 0.3 is 5.97 Å². The summed E-state index contributed by atoms with van der Waals surface area (Å²) in [7, 11) is 1.58. The second-order valence-electron chi connectivity index (χ2n) is 6.37. The smallest absolute Gasteiger partial charge is 0.308 e. The summed E-state index contributed by atoms with van der Waals surface area (Å²) in [6.45, 7) is 3.91. The van der Waals surface area contributed by atoms with E-state index in [-0.39, 0.29) is 12.4 Å². The Morgan fingerprint density at radius 3 is 2.46 bits per heavy atom. The van der Waals surface area contributed by atoms with Crippen LogP contribution in [0, 0.1) is 18.3 Å². The summed E-state index contributed by atoms with van der Waals surface area (Å²) in [5.74, 6) is 0.324. The zero-order valence-corrected chi connectivity index (χ0v) is 14.0. The number of nitriles is 1. The molecule has 4 nitrogen and oxygen atoms in total. The number of hydrogen-bond donors (Lipinski definition) is 0. The number of esters is 1. The van der Waals surface area contributed by atoms with Gasteiger partial charge in [-0.3, -0.25) is 4.79 Å². The Hall–Kier alpha value is -2.80. The molecule has 0 bridgehead atoms. The summed E-state index contributed by atoms with van der Waals surface area (Å²) in [6, 6.07) is 17.3. The van der Waals surface area contributed by atoms with Crippen molar-refractivity contribution in [3.63, 3.8) is 0 Å². The van der Waals surface area contributed by atoms with Crippen LogP contribution in [0.2, 0.25) is 0 Å². The summed E-state index contributed by atoms with van der Waals surface area (Å²) in [6.07, 6.45) is 0.163. The maximum atomic E-state index is 12.2. The van der Waals surface area contributed by atoms with E-state index in [2.05, 4.69) is 6.07 Å². The van der Waals surface area contributed by atoms with Gasteiger partial charge in [0.1, 0.15) is 11.8 Å². The lowest BCUT2D eigenvalue weighted by Gasteiger charge is -2.36. The highest BCUT2D eigenvalue weighted by atomic mass is 16.6. The monoisotopic (exact) mass is 321 g/mol. The minimum Gasteiger partial charge on any atom is -0.497 e. The van der Waals surface area contributed by atoms with Crippen molar-refractivity contribution < 1.29 is 14.3 Å². The van der Waals surface area contributed by atoms with Gasteiger partial charge in [-0.05, 0) is 31.5 Å². The first-order valence-corrected chi connectivity index (χ1v) is 7.80. The van der Waals surface area contributed by atoms with Gasteiger partial charge < -0.3 is 9.47 Å². The molecule has 1 heterocycles. The van der Waals surface area contributed by atoms with E-state index < -0.39 is 11.0 Å². The van der Waals surface area contributed by atoms with E-state index in [0.717, 1.165) is 11.1 Å². The molecule has 3 rings (SSSR count). The highest BCUT2D eigenvalue weighted by Crippen LogP contribution is 2.52. The molecular weight excluding hydrogens is 302 g/mol. The Balaban J connectivity index is 2.19. The van der Waals surface area contributed by atoms with Gasteiger partial charge in [-0.2, -0.15) is 5.26 Å². The third kappa shape index (κ3) is 2.25. The highest BCUT2D eigenvalue weighted by molar-refractivity contribution is 5.77. The minimum absolute atomic E-state index is 0.163. The van der Waals surface area contributed by atoms with Crippen LogP contribution >= 0.6 is 0 Å². The molecule has 24 heavy (non-hydrogen) atoms. The Morgan fingerprint density at radius 2 is 1.88 bits per heavy atom. The van der Waals surface area contributed by atoms with Gasteiger partial charge in [-0.15, -0.1) is 0 Å². The number of carbonyl (C=O) groups excluding carboxylic acids is 1. The standard InChI is InChI=1S/C20H19NO3/c1-14-5-4-6-16(11-14)19(2)12-18(22)24-20(19,13-21)15-7-9-17(23-3)10-8-15/h4-11H,12H2,1-3H3/t19?,20-/m0/s1. The second kappa shape index (κ2) is 5.68. The summed E-state index contributed by atoms with van der Waals surface area (Å²) < 4.78 is 10.8. The molecular formula is C20H19NO3. The van der Waals surface area contributed by atoms with E-state index in [1.807, 2.05) is 38.1 Å². The molecule has 0 amide bonds. The van der Waals surface area contributed by atoms with Crippen LogP contribution in [0.5, 0.6) is 5.75 Å². The van der Waals surface area contributed by atoms with E-state index >= 15 is 0 Å². The molecule has 0 aliphatic carbocycles. The summed E-state index contributed by atoms with van der Waals surface area (Å²) in [5, 5.41) is 10.0. The SMILES string of the molecule is COc1ccc([C@]2(C#N)OC(=O)CC2(C)c2cccc(C)c2)cc1. The molecule has 2 aromatic rings. The first-order valence-electron chi connectivity index (χ1n) is 7.80. The van der Waals surface area contributed by atoms with Gasteiger partial charge in [0.05, 0.1) is 18.9 Å². The van der Waals surface area contributed by atoms with E-state index in [4.69, 9.17) is 9.47 Å². The Labute approximate surface area is 141 Å². The normalized spacial score (nSPS) is 25.8. The van der Waals surface area contributed by atoms with Crippen molar-refractivity contribution in [3.05, 3.63) is 65.2 Å². The van der Waals surface area contributed by atoms with Crippen LogP contribution in [0.15, 0.2) is 48.5 Å². The molecule has 0 spiro atoms. The van der Waals surface area contributed by atoms with Crippen LogP contribution in [-0.4, -0.2) is 13.1 Å². The Bertz CT molecular complexity index is 822. The fraction of sp³-hybridized carbons (Fsp3) is 0.300. The molecule has 0 radical (unpaired) electrons. The van der Waals surface area contributed by atoms with Gasteiger partial charge in [0.2, 0.25) is 5.60 Å². The number of ether oxygens (including phenoxy) is 2. The van der Waals surface area contributed by atoms with Crippen LogP contribution in [0.3, 0.4) is 0 Å². The summed E-state index contributed by atoms with van der Waals surface area (Å²) in [5.41, 5.74) is 0.532. The number of nitrogens with zero attached hydrogens (tertiary/aromatic N) is 1. The molecule has 1 unspecified atom stereocenters. The highest BCUT2D eigenvalue weighted by Gasteiger charge is 2.60.